The average Bonchev–Trinajstić information content (AvgIpc) is 3.11. The van der Waals surface area contributed by atoms with Gasteiger partial charge in [-0.15, -0.1) is 0 Å². The summed E-state index contributed by atoms with van der Waals surface area (Å²) >= 11 is 0. The lowest BCUT2D eigenvalue weighted by Gasteiger charge is -2.20. The maximum absolute atomic E-state index is 11.3. The van der Waals surface area contributed by atoms with Crippen LogP contribution in [0.15, 0.2) is 61.1 Å². The molecule has 0 atom stereocenters. The minimum atomic E-state index is -1.04. The first kappa shape index (κ1) is 22.4. The fourth-order valence-electron chi connectivity index (χ4n) is 3.72. The highest BCUT2D eigenvalue weighted by atomic mass is 16.5. The molecule has 0 spiro atoms. The highest BCUT2D eigenvalue weighted by molar-refractivity contribution is 5.86. The van der Waals surface area contributed by atoms with E-state index >= 15 is 0 Å². The number of aromatic carboxylic acids is 1. The van der Waals surface area contributed by atoms with E-state index in [1.165, 1.54) is 6.07 Å². The van der Waals surface area contributed by atoms with E-state index in [-0.39, 0.29) is 5.69 Å². The average molecular weight is 446 g/mol. The predicted molar refractivity (Wildman–Crippen MR) is 126 cm³/mol. The van der Waals surface area contributed by atoms with Crippen LogP contribution in [0.1, 0.15) is 28.0 Å². The Kier molecular flexibility index (Phi) is 6.65. The summed E-state index contributed by atoms with van der Waals surface area (Å²) in [5.41, 5.74) is 3.81. The summed E-state index contributed by atoms with van der Waals surface area (Å²) in [5, 5.41) is 9.29. The van der Waals surface area contributed by atoms with Crippen LogP contribution in [0.25, 0.3) is 11.4 Å². The van der Waals surface area contributed by atoms with Crippen LogP contribution in [-0.2, 0) is 13.0 Å². The van der Waals surface area contributed by atoms with Gasteiger partial charge in [0.2, 0.25) is 0 Å². The largest absolute Gasteiger partial charge is 0.490 e. The fraction of sp³-hybridized carbons (Fsp3) is 0.280. The molecule has 3 heterocycles. The molecule has 170 valence electrons. The minimum Gasteiger partial charge on any atom is -0.490 e. The number of carboxylic acid groups (broad SMARTS) is 1. The molecule has 1 aliphatic heterocycles. The second-order valence-electron chi connectivity index (χ2n) is 8.26. The number of anilines is 1. The van der Waals surface area contributed by atoms with E-state index < -0.39 is 5.97 Å². The summed E-state index contributed by atoms with van der Waals surface area (Å²) in [6, 6.07) is 11.3. The Balaban J connectivity index is 1.46. The molecule has 0 radical (unpaired) electrons. The zero-order chi connectivity index (χ0) is 23.4. The third-order valence-corrected chi connectivity index (χ3v) is 5.38. The third-order valence-electron chi connectivity index (χ3n) is 5.38. The Morgan fingerprint density at radius 3 is 2.73 bits per heavy atom. The Hall–Kier alpha value is -3.78. The Bertz CT molecular complexity index is 1160. The second kappa shape index (κ2) is 9.79. The number of rotatable bonds is 9. The predicted octanol–water partition coefficient (Wildman–Crippen LogP) is 3.64. The number of carbonyl (C=O) groups is 1. The van der Waals surface area contributed by atoms with Gasteiger partial charge < -0.3 is 19.6 Å². The lowest BCUT2D eigenvalue weighted by Crippen LogP contribution is -2.19. The van der Waals surface area contributed by atoms with Gasteiger partial charge in [-0.1, -0.05) is 30.8 Å². The van der Waals surface area contributed by atoms with E-state index in [9.17, 15) is 9.90 Å². The topological polar surface area (TPSA) is 91.7 Å². The Morgan fingerprint density at radius 1 is 1.21 bits per heavy atom. The van der Waals surface area contributed by atoms with Gasteiger partial charge in [0, 0.05) is 36.3 Å². The van der Waals surface area contributed by atoms with Crippen molar-refractivity contribution in [2.24, 2.45) is 0 Å². The number of hydrogen-bond acceptors (Lipinski definition) is 7. The lowest BCUT2D eigenvalue weighted by atomic mass is 10.1. The first-order valence-corrected chi connectivity index (χ1v) is 10.8. The first-order valence-electron chi connectivity index (χ1n) is 10.8. The minimum absolute atomic E-state index is 0.0274. The van der Waals surface area contributed by atoms with Gasteiger partial charge in [-0.3, -0.25) is 0 Å². The number of fused-ring (bicyclic) bond motifs is 1. The van der Waals surface area contributed by atoms with Gasteiger partial charge in [-0.05, 0) is 38.2 Å². The zero-order valence-corrected chi connectivity index (χ0v) is 18.9. The molecule has 8 heteroatoms. The molecule has 0 unspecified atom stereocenters. The summed E-state index contributed by atoms with van der Waals surface area (Å²) in [4.78, 5) is 28.7. The van der Waals surface area contributed by atoms with Gasteiger partial charge in [-0.2, -0.15) is 0 Å². The molecule has 0 saturated heterocycles. The van der Waals surface area contributed by atoms with Crippen LogP contribution in [-0.4, -0.2) is 58.2 Å². The highest BCUT2D eigenvalue weighted by Gasteiger charge is 2.25. The van der Waals surface area contributed by atoms with Crippen molar-refractivity contribution in [3.8, 4) is 17.1 Å². The molecule has 0 fully saturated rings. The van der Waals surface area contributed by atoms with Crippen LogP contribution in [0.3, 0.4) is 0 Å². The van der Waals surface area contributed by atoms with E-state index in [2.05, 4.69) is 26.4 Å². The number of allylic oxidation sites excluding steroid dienone is 1. The van der Waals surface area contributed by atoms with Gasteiger partial charge in [-0.25, -0.2) is 19.7 Å². The van der Waals surface area contributed by atoms with Gasteiger partial charge in [0.15, 0.2) is 17.3 Å². The standard InChI is InChI=1S/C25H27N5O3/c1-17-12-20-8-9-22(25(31)32)28-24(20)30(17)16-18-6-4-7-19(13-18)23-26-14-21(15-27-23)33-11-5-10-29(2)3/h4,6-9,13-15H,1,5,10-12,16H2,2-3H3,(H,31,32). The molecule has 3 aromatic rings. The maximum atomic E-state index is 11.3. The SMILES string of the molecule is C=C1Cc2ccc(C(=O)O)nc2N1Cc1cccc(-c2ncc(OCCCN(C)C)cn2)c1. The molecular weight excluding hydrogens is 418 g/mol. The van der Waals surface area contributed by atoms with Crippen LogP contribution in [0.5, 0.6) is 5.75 Å². The monoisotopic (exact) mass is 445 g/mol. The summed E-state index contributed by atoms with van der Waals surface area (Å²) in [6.45, 7) is 6.26. The lowest BCUT2D eigenvalue weighted by molar-refractivity contribution is 0.0690. The summed E-state index contributed by atoms with van der Waals surface area (Å²) in [5.74, 6) is 0.875. The van der Waals surface area contributed by atoms with Gasteiger partial charge >= 0.3 is 5.97 Å². The van der Waals surface area contributed by atoms with Crippen molar-refractivity contribution in [2.45, 2.75) is 19.4 Å². The molecule has 33 heavy (non-hydrogen) atoms. The van der Waals surface area contributed by atoms with Crippen molar-refractivity contribution in [2.75, 3.05) is 32.1 Å². The van der Waals surface area contributed by atoms with E-state index in [4.69, 9.17) is 4.74 Å². The fourth-order valence-corrected chi connectivity index (χ4v) is 3.72. The van der Waals surface area contributed by atoms with Crippen molar-refractivity contribution < 1.29 is 14.6 Å². The van der Waals surface area contributed by atoms with Crippen molar-refractivity contribution in [1.29, 1.82) is 0 Å². The molecule has 0 aliphatic carbocycles. The number of carboxylic acids is 1. The molecule has 0 amide bonds. The van der Waals surface area contributed by atoms with E-state index in [1.807, 2.05) is 49.3 Å². The van der Waals surface area contributed by atoms with Crippen LogP contribution in [0.4, 0.5) is 5.82 Å². The number of benzene rings is 1. The molecule has 4 rings (SSSR count). The van der Waals surface area contributed by atoms with Crippen molar-refractivity contribution in [3.05, 3.63) is 77.9 Å². The van der Waals surface area contributed by atoms with Crippen molar-refractivity contribution in [1.82, 2.24) is 19.9 Å². The second-order valence-corrected chi connectivity index (χ2v) is 8.26. The maximum Gasteiger partial charge on any atom is 0.354 e. The van der Waals surface area contributed by atoms with Crippen LogP contribution < -0.4 is 9.64 Å². The van der Waals surface area contributed by atoms with E-state index in [0.717, 1.165) is 35.4 Å². The van der Waals surface area contributed by atoms with Gasteiger partial charge in [0.05, 0.1) is 19.0 Å². The van der Waals surface area contributed by atoms with Crippen LogP contribution in [0.2, 0.25) is 0 Å². The Morgan fingerprint density at radius 2 is 2.00 bits per heavy atom. The normalized spacial score (nSPS) is 12.8. The molecule has 0 saturated carbocycles. The number of pyridine rings is 1. The van der Waals surface area contributed by atoms with Gasteiger partial charge in [0.1, 0.15) is 5.82 Å². The number of hydrogen-bond donors (Lipinski definition) is 1. The summed E-state index contributed by atoms with van der Waals surface area (Å²) in [7, 11) is 4.07. The molecule has 1 aromatic carbocycles. The number of nitrogens with zero attached hydrogens (tertiary/aromatic N) is 5. The third kappa shape index (κ3) is 5.35. The zero-order valence-electron chi connectivity index (χ0n) is 18.9. The van der Waals surface area contributed by atoms with Crippen molar-refractivity contribution in [3.63, 3.8) is 0 Å². The quantitative estimate of drug-likeness (QED) is 0.499. The highest BCUT2D eigenvalue weighted by Crippen LogP contribution is 2.34. The van der Waals surface area contributed by atoms with E-state index in [1.54, 1.807) is 12.4 Å². The smallest absolute Gasteiger partial charge is 0.354 e. The van der Waals surface area contributed by atoms with E-state index in [0.29, 0.717) is 37.0 Å². The number of aromatic nitrogens is 3. The van der Waals surface area contributed by atoms with Crippen molar-refractivity contribution >= 4 is 11.8 Å². The summed E-state index contributed by atoms with van der Waals surface area (Å²) < 4.78 is 5.71. The number of ether oxygens (including phenoxy) is 1. The van der Waals surface area contributed by atoms with Gasteiger partial charge in [0.25, 0.3) is 0 Å². The Labute approximate surface area is 193 Å². The molecular formula is C25H27N5O3. The van der Waals surface area contributed by atoms with Crippen LogP contribution >= 0.6 is 0 Å². The molecule has 1 aliphatic rings. The molecule has 0 bridgehead atoms. The molecule has 2 aromatic heterocycles. The van der Waals surface area contributed by atoms with Crippen LogP contribution in [0, 0.1) is 0 Å². The summed E-state index contributed by atoms with van der Waals surface area (Å²) in [6.07, 6.45) is 4.98. The molecule has 1 N–H and O–H groups in total. The molecule has 8 nitrogen and oxygen atoms in total. The first-order chi connectivity index (χ1) is 15.9.